The van der Waals surface area contributed by atoms with Crippen molar-refractivity contribution in [2.75, 3.05) is 32.7 Å². The zero-order chi connectivity index (χ0) is 16.9. The summed E-state index contributed by atoms with van der Waals surface area (Å²) in [6, 6.07) is 10.4. The molecule has 0 fully saturated rings. The van der Waals surface area contributed by atoms with Gasteiger partial charge < -0.3 is 15.5 Å². The third kappa shape index (κ3) is 7.68. The van der Waals surface area contributed by atoms with E-state index in [4.69, 9.17) is 0 Å². The van der Waals surface area contributed by atoms with Gasteiger partial charge in [0.15, 0.2) is 5.96 Å². The van der Waals surface area contributed by atoms with Gasteiger partial charge in [0.2, 0.25) is 5.91 Å². The van der Waals surface area contributed by atoms with Crippen LogP contribution in [0.3, 0.4) is 0 Å². The first-order valence-electron chi connectivity index (χ1n) is 8.55. The number of nitrogens with one attached hydrogen (secondary N) is 2. The quantitative estimate of drug-likeness (QED) is 0.541. The fourth-order valence-electron chi connectivity index (χ4n) is 2.31. The second kappa shape index (κ2) is 11.5. The zero-order valence-electron chi connectivity index (χ0n) is 14.6. The number of rotatable bonds is 9. The Kier molecular flexibility index (Phi) is 9.52. The summed E-state index contributed by atoms with van der Waals surface area (Å²) in [5.74, 6) is 0.940. The van der Waals surface area contributed by atoms with Crippen molar-refractivity contribution in [3.8, 4) is 0 Å². The Hall–Kier alpha value is -2.04. The molecule has 0 aliphatic carbocycles. The summed E-state index contributed by atoms with van der Waals surface area (Å²) in [5, 5.41) is 6.53. The van der Waals surface area contributed by atoms with Gasteiger partial charge in [-0.15, -0.1) is 0 Å². The van der Waals surface area contributed by atoms with Gasteiger partial charge in [0, 0.05) is 32.6 Å². The van der Waals surface area contributed by atoms with Crippen LogP contribution in [0.1, 0.15) is 32.8 Å². The van der Waals surface area contributed by atoms with Crippen LogP contribution >= 0.6 is 0 Å². The van der Waals surface area contributed by atoms with E-state index in [1.807, 2.05) is 43.9 Å². The lowest BCUT2D eigenvalue weighted by atomic mass is 10.1. The van der Waals surface area contributed by atoms with Gasteiger partial charge in [-0.2, -0.15) is 0 Å². The van der Waals surface area contributed by atoms with E-state index in [9.17, 15) is 4.79 Å². The van der Waals surface area contributed by atoms with E-state index in [0.29, 0.717) is 13.0 Å². The van der Waals surface area contributed by atoms with Crippen molar-refractivity contribution in [3.05, 3.63) is 35.9 Å². The van der Waals surface area contributed by atoms with Gasteiger partial charge in [-0.3, -0.25) is 9.79 Å². The van der Waals surface area contributed by atoms with Crippen LogP contribution in [0.25, 0.3) is 0 Å². The van der Waals surface area contributed by atoms with Gasteiger partial charge >= 0.3 is 0 Å². The molecule has 128 valence electrons. The summed E-state index contributed by atoms with van der Waals surface area (Å²) in [7, 11) is 0. The summed E-state index contributed by atoms with van der Waals surface area (Å²) in [4.78, 5) is 18.3. The van der Waals surface area contributed by atoms with Crippen LogP contribution < -0.4 is 10.6 Å². The normalized spacial score (nSPS) is 11.2. The molecule has 0 saturated carbocycles. The molecule has 5 nitrogen and oxygen atoms in total. The number of carbonyl (C=O) groups is 1. The molecule has 0 aromatic heterocycles. The first-order chi connectivity index (χ1) is 11.2. The molecule has 1 aromatic rings. The van der Waals surface area contributed by atoms with Crippen molar-refractivity contribution in [3.63, 3.8) is 0 Å². The lowest BCUT2D eigenvalue weighted by Crippen LogP contribution is -2.38. The van der Waals surface area contributed by atoms with E-state index >= 15 is 0 Å². The standard InChI is InChI=1S/C18H30N4O/c1-4-19-18(20-14-12-16-10-8-7-9-11-16)21-15-13-17(23)22(5-2)6-3/h7-11H,4-6,12-15H2,1-3H3,(H2,19,20,21). The summed E-state index contributed by atoms with van der Waals surface area (Å²) < 4.78 is 0. The molecule has 0 spiro atoms. The molecule has 1 amide bonds. The maximum atomic E-state index is 12.0. The largest absolute Gasteiger partial charge is 0.357 e. The monoisotopic (exact) mass is 318 g/mol. The minimum atomic E-state index is 0.166. The molecule has 1 rings (SSSR count). The topological polar surface area (TPSA) is 56.7 Å². The highest BCUT2D eigenvalue weighted by atomic mass is 16.2. The summed E-state index contributed by atoms with van der Waals surface area (Å²) in [5.41, 5.74) is 1.30. The summed E-state index contributed by atoms with van der Waals surface area (Å²) in [6.45, 7) is 9.69. The molecular weight excluding hydrogens is 288 g/mol. The maximum Gasteiger partial charge on any atom is 0.224 e. The molecular formula is C18H30N4O. The van der Waals surface area contributed by atoms with Crippen LogP contribution in [-0.2, 0) is 11.2 Å². The highest BCUT2D eigenvalue weighted by Crippen LogP contribution is 1.98. The Morgan fingerprint density at radius 1 is 1.09 bits per heavy atom. The molecule has 23 heavy (non-hydrogen) atoms. The van der Waals surface area contributed by atoms with Crippen LogP contribution in [0.4, 0.5) is 0 Å². The number of benzene rings is 1. The van der Waals surface area contributed by atoms with Gasteiger partial charge in [0.25, 0.3) is 0 Å². The highest BCUT2D eigenvalue weighted by Gasteiger charge is 2.08. The van der Waals surface area contributed by atoms with Crippen LogP contribution in [-0.4, -0.2) is 49.5 Å². The molecule has 0 unspecified atom stereocenters. The second-order valence-corrected chi connectivity index (χ2v) is 5.24. The predicted octanol–water partition coefficient (Wildman–Crippen LogP) is 2.04. The molecule has 1 aromatic carbocycles. The van der Waals surface area contributed by atoms with E-state index in [2.05, 4.69) is 27.8 Å². The van der Waals surface area contributed by atoms with E-state index < -0.39 is 0 Å². The Morgan fingerprint density at radius 2 is 1.78 bits per heavy atom. The minimum absolute atomic E-state index is 0.166. The SMILES string of the molecule is CCNC(=NCCC(=O)N(CC)CC)NCCc1ccccc1. The maximum absolute atomic E-state index is 12.0. The summed E-state index contributed by atoms with van der Waals surface area (Å²) >= 11 is 0. The lowest BCUT2D eigenvalue weighted by molar-refractivity contribution is -0.130. The van der Waals surface area contributed by atoms with Crippen LogP contribution in [0.5, 0.6) is 0 Å². The van der Waals surface area contributed by atoms with Gasteiger partial charge in [0.1, 0.15) is 0 Å². The average Bonchev–Trinajstić information content (AvgIpc) is 2.57. The molecule has 2 N–H and O–H groups in total. The smallest absolute Gasteiger partial charge is 0.224 e. The first kappa shape index (κ1) is 19.0. The second-order valence-electron chi connectivity index (χ2n) is 5.24. The van der Waals surface area contributed by atoms with Crippen LogP contribution in [0.2, 0.25) is 0 Å². The Labute approximate surface area is 140 Å². The number of hydrogen-bond donors (Lipinski definition) is 2. The fourth-order valence-corrected chi connectivity index (χ4v) is 2.31. The minimum Gasteiger partial charge on any atom is -0.357 e. The molecule has 0 bridgehead atoms. The van der Waals surface area contributed by atoms with Crippen molar-refractivity contribution >= 4 is 11.9 Å². The molecule has 0 aliphatic heterocycles. The third-order valence-corrected chi connectivity index (χ3v) is 3.60. The van der Waals surface area contributed by atoms with Gasteiger partial charge in [-0.05, 0) is 32.8 Å². The van der Waals surface area contributed by atoms with E-state index in [-0.39, 0.29) is 5.91 Å². The van der Waals surface area contributed by atoms with E-state index in [0.717, 1.165) is 38.6 Å². The third-order valence-electron chi connectivity index (χ3n) is 3.60. The van der Waals surface area contributed by atoms with Crippen molar-refractivity contribution < 1.29 is 4.79 Å². The number of aliphatic imine (C=N–C) groups is 1. The molecule has 0 aliphatic rings. The fraction of sp³-hybridized carbons (Fsp3) is 0.556. The van der Waals surface area contributed by atoms with Gasteiger partial charge in [0.05, 0.1) is 6.54 Å². The number of amides is 1. The lowest BCUT2D eigenvalue weighted by Gasteiger charge is -2.18. The Balaban J connectivity index is 2.39. The average molecular weight is 318 g/mol. The Bertz CT molecular complexity index is 469. The Morgan fingerprint density at radius 3 is 2.39 bits per heavy atom. The van der Waals surface area contributed by atoms with Crippen molar-refractivity contribution in [2.45, 2.75) is 33.6 Å². The molecule has 5 heteroatoms. The molecule has 0 heterocycles. The molecule has 0 atom stereocenters. The van der Waals surface area contributed by atoms with Gasteiger partial charge in [-0.1, -0.05) is 30.3 Å². The van der Waals surface area contributed by atoms with Crippen molar-refractivity contribution in [1.29, 1.82) is 0 Å². The summed E-state index contributed by atoms with van der Waals surface area (Å²) in [6.07, 6.45) is 1.40. The molecule has 0 radical (unpaired) electrons. The van der Waals surface area contributed by atoms with E-state index in [1.165, 1.54) is 5.56 Å². The zero-order valence-corrected chi connectivity index (χ0v) is 14.6. The predicted molar refractivity (Wildman–Crippen MR) is 96.7 cm³/mol. The number of guanidine groups is 1. The number of hydrogen-bond acceptors (Lipinski definition) is 2. The first-order valence-corrected chi connectivity index (χ1v) is 8.55. The van der Waals surface area contributed by atoms with Crippen LogP contribution in [0.15, 0.2) is 35.3 Å². The van der Waals surface area contributed by atoms with Gasteiger partial charge in [-0.25, -0.2) is 0 Å². The van der Waals surface area contributed by atoms with Crippen molar-refractivity contribution in [1.82, 2.24) is 15.5 Å². The number of carbonyl (C=O) groups excluding carboxylic acids is 1. The van der Waals surface area contributed by atoms with Crippen molar-refractivity contribution in [2.24, 2.45) is 4.99 Å². The number of nitrogens with zero attached hydrogens (tertiary/aromatic N) is 2. The highest BCUT2D eigenvalue weighted by molar-refractivity contribution is 5.80. The van der Waals surface area contributed by atoms with Crippen LogP contribution in [0, 0.1) is 0 Å². The van der Waals surface area contributed by atoms with E-state index in [1.54, 1.807) is 0 Å². The molecule has 0 saturated heterocycles.